The number of halogens is 1. The molecule has 1 fully saturated rings. The molecule has 1 aliphatic rings. The SMILES string of the molecule is CC(C)CCN1CCCC(CNC(=O)Nc2cccc(F)c2)C1. The molecule has 1 aliphatic heterocycles. The van der Waals surface area contributed by atoms with Gasteiger partial charge in [-0.05, 0) is 62.4 Å². The molecule has 0 saturated carbocycles. The number of likely N-dealkylation sites (tertiary alicyclic amines) is 1. The van der Waals surface area contributed by atoms with Crippen LogP contribution in [0.2, 0.25) is 0 Å². The molecule has 128 valence electrons. The summed E-state index contributed by atoms with van der Waals surface area (Å²) in [4.78, 5) is 14.4. The van der Waals surface area contributed by atoms with E-state index in [1.54, 1.807) is 12.1 Å². The lowest BCUT2D eigenvalue weighted by atomic mass is 9.97. The predicted octanol–water partition coefficient (Wildman–Crippen LogP) is 3.71. The highest BCUT2D eigenvalue weighted by atomic mass is 19.1. The van der Waals surface area contributed by atoms with Gasteiger partial charge in [-0.1, -0.05) is 19.9 Å². The number of anilines is 1. The van der Waals surface area contributed by atoms with Gasteiger partial charge in [0, 0.05) is 18.8 Å². The lowest BCUT2D eigenvalue weighted by Gasteiger charge is -2.33. The molecule has 2 N–H and O–H groups in total. The average Bonchev–Trinajstić information content (AvgIpc) is 2.51. The smallest absolute Gasteiger partial charge is 0.319 e. The van der Waals surface area contributed by atoms with Gasteiger partial charge in [0.2, 0.25) is 0 Å². The van der Waals surface area contributed by atoms with Gasteiger partial charge in [-0.25, -0.2) is 9.18 Å². The van der Waals surface area contributed by atoms with Gasteiger partial charge < -0.3 is 15.5 Å². The highest BCUT2D eigenvalue weighted by Gasteiger charge is 2.20. The van der Waals surface area contributed by atoms with E-state index in [0.717, 1.165) is 25.4 Å². The van der Waals surface area contributed by atoms with E-state index >= 15 is 0 Å². The molecule has 0 spiro atoms. The Morgan fingerprint density at radius 2 is 2.26 bits per heavy atom. The molecule has 1 heterocycles. The summed E-state index contributed by atoms with van der Waals surface area (Å²) in [5, 5.41) is 5.58. The van der Waals surface area contributed by atoms with E-state index in [2.05, 4.69) is 29.4 Å². The van der Waals surface area contributed by atoms with E-state index in [4.69, 9.17) is 0 Å². The maximum Gasteiger partial charge on any atom is 0.319 e. The Bertz CT molecular complexity index is 507. The summed E-state index contributed by atoms with van der Waals surface area (Å²) in [5.41, 5.74) is 0.477. The van der Waals surface area contributed by atoms with Crippen molar-refractivity contribution in [3.63, 3.8) is 0 Å². The van der Waals surface area contributed by atoms with Gasteiger partial charge in [-0.3, -0.25) is 0 Å². The Balaban J connectivity index is 1.71. The van der Waals surface area contributed by atoms with Gasteiger partial charge in [0.25, 0.3) is 0 Å². The number of benzene rings is 1. The Morgan fingerprint density at radius 1 is 1.43 bits per heavy atom. The van der Waals surface area contributed by atoms with Crippen molar-refractivity contribution in [3.8, 4) is 0 Å². The lowest BCUT2D eigenvalue weighted by Crippen LogP contribution is -2.42. The van der Waals surface area contributed by atoms with Gasteiger partial charge in [-0.2, -0.15) is 0 Å². The largest absolute Gasteiger partial charge is 0.338 e. The van der Waals surface area contributed by atoms with Crippen LogP contribution >= 0.6 is 0 Å². The predicted molar refractivity (Wildman–Crippen MR) is 92.0 cm³/mol. The van der Waals surface area contributed by atoms with Crippen molar-refractivity contribution in [2.24, 2.45) is 11.8 Å². The zero-order chi connectivity index (χ0) is 16.7. The van der Waals surface area contributed by atoms with Gasteiger partial charge >= 0.3 is 6.03 Å². The van der Waals surface area contributed by atoms with Crippen LogP contribution in [0.25, 0.3) is 0 Å². The average molecular weight is 321 g/mol. The van der Waals surface area contributed by atoms with E-state index in [9.17, 15) is 9.18 Å². The number of rotatable bonds is 6. The van der Waals surface area contributed by atoms with Crippen molar-refractivity contribution < 1.29 is 9.18 Å². The number of hydrogen-bond acceptors (Lipinski definition) is 2. The minimum absolute atomic E-state index is 0.269. The Hall–Kier alpha value is -1.62. The number of nitrogens with zero attached hydrogens (tertiary/aromatic N) is 1. The van der Waals surface area contributed by atoms with Crippen LogP contribution in [0, 0.1) is 17.7 Å². The van der Waals surface area contributed by atoms with Gasteiger partial charge in [0.15, 0.2) is 0 Å². The molecule has 0 aromatic heterocycles. The molecule has 2 rings (SSSR count). The third-order valence-corrected chi connectivity index (χ3v) is 4.26. The quantitative estimate of drug-likeness (QED) is 0.839. The molecule has 1 aromatic rings. The number of hydrogen-bond donors (Lipinski definition) is 2. The fraction of sp³-hybridized carbons (Fsp3) is 0.611. The first-order chi connectivity index (χ1) is 11.0. The minimum atomic E-state index is -0.351. The van der Waals surface area contributed by atoms with Crippen molar-refractivity contribution >= 4 is 11.7 Å². The van der Waals surface area contributed by atoms with Gasteiger partial charge in [-0.15, -0.1) is 0 Å². The first-order valence-electron chi connectivity index (χ1n) is 8.55. The molecular formula is C18H28FN3O. The number of carbonyl (C=O) groups is 1. The highest BCUT2D eigenvalue weighted by molar-refractivity contribution is 5.89. The van der Waals surface area contributed by atoms with E-state index in [-0.39, 0.29) is 11.8 Å². The maximum absolute atomic E-state index is 13.1. The van der Waals surface area contributed by atoms with E-state index < -0.39 is 0 Å². The van der Waals surface area contributed by atoms with Crippen LogP contribution in [-0.2, 0) is 0 Å². The molecule has 1 saturated heterocycles. The fourth-order valence-corrected chi connectivity index (χ4v) is 2.94. The van der Waals surface area contributed by atoms with Crippen LogP contribution < -0.4 is 10.6 Å². The third kappa shape index (κ3) is 6.57. The van der Waals surface area contributed by atoms with E-state index in [0.29, 0.717) is 18.2 Å². The lowest BCUT2D eigenvalue weighted by molar-refractivity contribution is 0.166. The second kappa shape index (κ2) is 8.87. The number of urea groups is 1. The molecule has 2 amide bonds. The van der Waals surface area contributed by atoms with E-state index in [1.807, 2.05) is 0 Å². The van der Waals surface area contributed by atoms with Crippen LogP contribution in [0.4, 0.5) is 14.9 Å². The number of amides is 2. The van der Waals surface area contributed by atoms with Crippen molar-refractivity contribution in [3.05, 3.63) is 30.1 Å². The summed E-state index contributed by atoms with van der Waals surface area (Å²) in [6.45, 7) is 8.52. The summed E-state index contributed by atoms with van der Waals surface area (Å²) in [7, 11) is 0. The molecule has 1 aromatic carbocycles. The van der Waals surface area contributed by atoms with Crippen LogP contribution in [0.3, 0.4) is 0 Å². The molecule has 1 atom stereocenters. The minimum Gasteiger partial charge on any atom is -0.338 e. The molecule has 23 heavy (non-hydrogen) atoms. The zero-order valence-corrected chi connectivity index (χ0v) is 14.1. The van der Waals surface area contributed by atoms with Crippen molar-refractivity contribution in [1.82, 2.24) is 10.2 Å². The fourth-order valence-electron chi connectivity index (χ4n) is 2.94. The Morgan fingerprint density at radius 3 is 3.00 bits per heavy atom. The monoisotopic (exact) mass is 321 g/mol. The summed E-state index contributed by atoms with van der Waals surface area (Å²) in [6, 6.07) is 5.66. The number of piperidine rings is 1. The van der Waals surface area contributed by atoms with Crippen LogP contribution in [0.1, 0.15) is 33.1 Å². The van der Waals surface area contributed by atoms with Crippen LogP contribution in [0.5, 0.6) is 0 Å². The summed E-state index contributed by atoms with van der Waals surface area (Å²) in [6.07, 6.45) is 3.56. The molecular weight excluding hydrogens is 293 g/mol. The summed E-state index contributed by atoms with van der Waals surface area (Å²) >= 11 is 0. The molecule has 0 aliphatic carbocycles. The first kappa shape index (κ1) is 17.7. The topological polar surface area (TPSA) is 44.4 Å². The van der Waals surface area contributed by atoms with Crippen molar-refractivity contribution in [2.45, 2.75) is 33.1 Å². The summed E-state index contributed by atoms with van der Waals surface area (Å²) in [5.74, 6) is 0.871. The number of nitrogens with one attached hydrogen (secondary N) is 2. The van der Waals surface area contributed by atoms with Crippen LogP contribution in [0.15, 0.2) is 24.3 Å². The van der Waals surface area contributed by atoms with Crippen molar-refractivity contribution in [1.29, 1.82) is 0 Å². The zero-order valence-electron chi connectivity index (χ0n) is 14.1. The molecule has 4 nitrogen and oxygen atoms in total. The normalized spacial score (nSPS) is 18.9. The molecule has 0 bridgehead atoms. The molecule has 0 radical (unpaired) electrons. The number of carbonyl (C=O) groups excluding carboxylic acids is 1. The molecule has 1 unspecified atom stereocenters. The second-order valence-electron chi connectivity index (χ2n) is 6.84. The second-order valence-corrected chi connectivity index (χ2v) is 6.84. The van der Waals surface area contributed by atoms with E-state index in [1.165, 1.54) is 31.5 Å². The Labute approximate surface area is 138 Å². The van der Waals surface area contributed by atoms with Crippen LogP contribution in [-0.4, -0.2) is 37.1 Å². The van der Waals surface area contributed by atoms with Gasteiger partial charge in [0.1, 0.15) is 5.82 Å². The maximum atomic E-state index is 13.1. The standard InChI is InChI=1S/C18H28FN3O/c1-14(2)8-10-22-9-4-5-15(13-22)12-20-18(23)21-17-7-3-6-16(19)11-17/h3,6-7,11,14-15H,4-5,8-10,12-13H2,1-2H3,(H2,20,21,23). The molecule has 5 heteroatoms. The Kier molecular flexibility index (Phi) is 6.84. The van der Waals surface area contributed by atoms with Crippen molar-refractivity contribution in [2.75, 3.05) is 31.5 Å². The highest BCUT2D eigenvalue weighted by Crippen LogP contribution is 2.17. The first-order valence-corrected chi connectivity index (χ1v) is 8.55. The third-order valence-electron chi connectivity index (χ3n) is 4.26. The van der Waals surface area contributed by atoms with Gasteiger partial charge in [0.05, 0.1) is 0 Å². The summed E-state index contributed by atoms with van der Waals surface area (Å²) < 4.78 is 13.1.